The molecule has 0 saturated carbocycles. The molecule has 0 aliphatic rings. The van der Waals surface area contributed by atoms with Crippen molar-refractivity contribution in [2.24, 2.45) is 0 Å². The molecule has 0 aromatic heterocycles. The van der Waals surface area contributed by atoms with Gasteiger partial charge in [-0.05, 0) is 36.5 Å². The highest BCUT2D eigenvalue weighted by Crippen LogP contribution is 2.20. The van der Waals surface area contributed by atoms with Crippen molar-refractivity contribution in [1.29, 1.82) is 0 Å². The molecule has 0 atom stereocenters. The number of esters is 2. The number of benzene rings is 1. The molecule has 1 rings (SSSR count). The number of hydrogen-bond donors (Lipinski definition) is 0. The topological polar surface area (TPSA) is 52.6 Å². The number of rotatable bonds is 14. The maximum Gasteiger partial charge on any atom is 0.305 e. The van der Waals surface area contributed by atoms with Crippen molar-refractivity contribution in [2.45, 2.75) is 98.2 Å². The fraction of sp³-hybridized carbons (Fsp3) is 0.600. The molecule has 0 heterocycles. The number of hydrogen-bond acceptors (Lipinski definition) is 4. The Morgan fingerprint density at radius 2 is 1.38 bits per heavy atom. The first-order valence-corrected chi connectivity index (χ1v) is 11.1. The summed E-state index contributed by atoms with van der Waals surface area (Å²) in [5, 5.41) is 0. The van der Waals surface area contributed by atoms with Crippen LogP contribution in [0.2, 0.25) is 0 Å². The Morgan fingerprint density at radius 3 is 1.90 bits per heavy atom. The van der Waals surface area contributed by atoms with Crippen LogP contribution in [0.3, 0.4) is 0 Å². The van der Waals surface area contributed by atoms with Crippen LogP contribution in [0.15, 0.2) is 29.8 Å². The lowest BCUT2D eigenvalue weighted by Crippen LogP contribution is -2.24. The molecule has 0 bridgehead atoms. The normalized spacial score (nSPS) is 11.6. The third kappa shape index (κ3) is 11.5. The second-order valence-corrected chi connectivity index (χ2v) is 7.63. The van der Waals surface area contributed by atoms with Gasteiger partial charge in [-0.25, -0.2) is 0 Å². The van der Waals surface area contributed by atoms with Crippen LogP contribution in [-0.4, -0.2) is 18.2 Å². The van der Waals surface area contributed by atoms with Gasteiger partial charge < -0.3 is 9.47 Å². The third-order valence-corrected chi connectivity index (χ3v) is 4.79. The summed E-state index contributed by atoms with van der Waals surface area (Å²) in [4.78, 5) is 22.8. The Kier molecular flexibility index (Phi) is 12.8. The number of carbonyl (C=O) groups excluding carboxylic acids is 2. The molecule has 29 heavy (non-hydrogen) atoms. The van der Waals surface area contributed by atoms with Gasteiger partial charge in [-0.2, -0.15) is 0 Å². The fourth-order valence-electron chi connectivity index (χ4n) is 3.30. The fourth-order valence-corrected chi connectivity index (χ4v) is 3.30. The molecule has 0 radical (unpaired) electrons. The number of carbonyl (C=O) groups is 2. The number of ether oxygens (including phenoxy) is 2. The molecule has 4 nitrogen and oxygen atoms in total. The average Bonchev–Trinajstić information content (AvgIpc) is 2.67. The van der Waals surface area contributed by atoms with Gasteiger partial charge in [0.2, 0.25) is 0 Å². The molecule has 0 N–H and O–H groups in total. The van der Waals surface area contributed by atoms with E-state index in [2.05, 4.69) is 31.2 Å². The van der Waals surface area contributed by atoms with E-state index in [1.54, 1.807) is 0 Å². The third-order valence-electron chi connectivity index (χ3n) is 4.79. The average molecular weight is 403 g/mol. The number of aryl methyl sites for hydroxylation is 1. The highest BCUT2D eigenvalue weighted by molar-refractivity contribution is 5.69. The summed E-state index contributed by atoms with van der Waals surface area (Å²) < 4.78 is 10.4. The van der Waals surface area contributed by atoms with Crippen molar-refractivity contribution in [3.05, 3.63) is 41.0 Å². The highest BCUT2D eigenvalue weighted by Gasteiger charge is 2.20. The van der Waals surface area contributed by atoms with E-state index in [0.717, 1.165) is 24.0 Å². The molecule has 0 aliphatic heterocycles. The second kappa shape index (κ2) is 14.8. The van der Waals surface area contributed by atoms with Crippen LogP contribution in [-0.2, 0) is 25.5 Å². The van der Waals surface area contributed by atoms with Crippen LogP contribution in [0.4, 0.5) is 0 Å². The predicted octanol–water partition coefficient (Wildman–Crippen LogP) is 6.62. The summed E-state index contributed by atoms with van der Waals surface area (Å²) in [7, 11) is 0. The van der Waals surface area contributed by atoms with Gasteiger partial charge in [0.1, 0.15) is 0 Å². The lowest BCUT2D eigenvalue weighted by atomic mass is 10.0. The molecule has 0 unspecified atom stereocenters. The zero-order chi connectivity index (χ0) is 21.5. The van der Waals surface area contributed by atoms with Crippen LogP contribution in [0.25, 0.3) is 6.08 Å². The monoisotopic (exact) mass is 402 g/mol. The van der Waals surface area contributed by atoms with Gasteiger partial charge in [0.25, 0.3) is 6.29 Å². The van der Waals surface area contributed by atoms with E-state index >= 15 is 0 Å². The lowest BCUT2D eigenvalue weighted by molar-refractivity contribution is -0.178. The van der Waals surface area contributed by atoms with Crippen LogP contribution in [0.1, 0.15) is 96.6 Å². The van der Waals surface area contributed by atoms with Gasteiger partial charge in [-0.1, -0.05) is 83.1 Å². The Labute approximate surface area is 176 Å². The van der Waals surface area contributed by atoms with Crippen LogP contribution in [0, 0.1) is 0 Å². The first-order chi connectivity index (χ1) is 14.0. The SMILES string of the molecule is CCCCCCCCCc1ccc(C=C(CCC)C(OC(C)=O)OC(C)=O)cc1. The molecule has 1 aromatic rings. The van der Waals surface area contributed by atoms with E-state index < -0.39 is 18.2 Å². The molecule has 0 fully saturated rings. The van der Waals surface area contributed by atoms with Gasteiger partial charge in [-0.15, -0.1) is 0 Å². The Hall–Kier alpha value is -2.10. The van der Waals surface area contributed by atoms with E-state index in [1.165, 1.54) is 64.4 Å². The van der Waals surface area contributed by atoms with Crippen LogP contribution in [0.5, 0.6) is 0 Å². The summed E-state index contributed by atoms with van der Waals surface area (Å²) >= 11 is 0. The van der Waals surface area contributed by atoms with E-state index in [1.807, 2.05) is 13.0 Å². The van der Waals surface area contributed by atoms with Crippen LogP contribution >= 0.6 is 0 Å². The minimum Gasteiger partial charge on any atom is -0.421 e. The maximum absolute atomic E-state index is 11.4. The van der Waals surface area contributed by atoms with E-state index in [4.69, 9.17) is 9.47 Å². The molecule has 162 valence electrons. The quantitative estimate of drug-likeness (QED) is 0.199. The second-order valence-electron chi connectivity index (χ2n) is 7.63. The van der Waals surface area contributed by atoms with Crippen molar-refractivity contribution in [3.8, 4) is 0 Å². The zero-order valence-electron chi connectivity index (χ0n) is 18.7. The van der Waals surface area contributed by atoms with Gasteiger partial charge in [0, 0.05) is 19.4 Å². The Balaban J connectivity index is 2.67. The molecular weight excluding hydrogens is 364 g/mol. The van der Waals surface area contributed by atoms with Gasteiger partial charge in [-0.3, -0.25) is 9.59 Å². The van der Waals surface area contributed by atoms with Crippen LogP contribution < -0.4 is 0 Å². The summed E-state index contributed by atoms with van der Waals surface area (Å²) in [6.07, 6.45) is 12.8. The van der Waals surface area contributed by atoms with Crippen molar-refractivity contribution < 1.29 is 19.1 Å². The first-order valence-electron chi connectivity index (χ1n) is 11.1. The summed E-state index contributed by atoms with van der Waals surface area (Å²) in [5.74, 6) is -0.938. The van der Waals surface area contributed by atoms with E-state index in [9.17, 15) is 9.59 Å². The molecule has 0 amide bonds. The van der Waals surface area contributed by atoms with Gasteiger partial charge in [0.15, 0.2) is 0 Å². The van der Waals surface area contributed by atoms with Gasteiger partial charge >= 0.3 is 11.9 Å². The first kappa shape index (κ1) is 24.9. The minimum atomic E-state index is -0.961. The zero-order valence-corrected chi connectivity index (χ0v) is 18.7. The van der Waals surface area contributed by atoms with Crippen molar-refractivity contribution in [3.63, 3.8) is 0 Å². The largest absolute Gasteiger partial charge is 0.421 e. The molecule has 1 aromatic carbocycles. The summed E-state index contributed by atoms with van der Waals surface area (Å²) in [6, 6.07) is 8.45. The smallest absolute Gasteiger partial charge is 0.305 e. The molecule has 0 spiro atoms. The lowest BCUT2D eigenvalue weighted by Gasteiger charge is -2.19. The van der Waals surface area contributed by atoms with E-state index in [-0.39, 0.29) is 0 Å². The molecule has 0 saturated heterocycles. The molecule has 0 aliphatic carbocycles. The summed E-state index contributed by atoms with van der Waals surface area (Å²) in [6.45, 7) is 6.92. The minimum absolute atomic E-state index is 0.469. The standard InChI is InChI=1S/C25H38O4/c1-5-7-8-9-10-11-12-14-22-15-17-23(18-16-22)19-24(13-6-2)25(28-20(3)26)29-21(4)27/h15-19,25H,5-14H2,1-4H3. The highest BCUT2D eigenvalue weighted by atomic mass is 16.7. The van der Waals surface area contributed by atoms with Crippen molar-refractivity contribution >= 4 is 18.0 Å². The summed E-state index contributed by atoms with van der Waals surface area (Å²) in [5.41, 5.74) is 3.14. The Morgan fingerprint density at radius 1 is 0.828 bits per heavy atom. The van der Waals surface area contributed by atoms with E-state index in [0.29, 0.717) is 6.42 Å². The maximum atomic E-state index is 11.4. The number of unbranched alkanes of at least 4 members (excludes halogenated alkanes) is 6. The van der Waals surface area contributed by atoms with Crippen molar-refractivity contribution in [2.75, 3.05) is 0 Å². The predicted molar refractivity (Wildman–Crippen MR) is 118 cm³/mol. The molecule has 4 heteroatoms. The molecular formula is C25H38O4. The Bertz CT molecular complexity index is 615. The van der Waals surface area contributed by atoms with Crippen molar-refractivity contribution in [1.82, 2.24) is 0 Å². The van der Waals surface area contributed by atoms with Gasteiger partial charge in [0.05, 0.1) is 0 Å².